The molecule has 2 heterocycles. The van der Waals surface area contributed by atoms with E-state index in [1.165, 1.54) is 0 Å². The topological polar surface area (TPSA) is 55.6 Å². The Kier molecular flexibility index (Phi) is 4.57. The van der Waals surface area contributed by atoms with Crippen molar-refractivity contribution in [3.05, 3.63) is 83.7 Å². The van der Waals surface area contributed by atoms with E-state index in [0.29, 0.717) is 22.8 Å². The average Bonchev–Trinajstić information content (AvgIpc) is 3.07. The highest BCUT2D eigenvalue weighted by molar-refractivity contribution is 6.08. The number of rotatable bonds is 4. The molecule has 140 valence electrons. The number of carbonyl (C=O) groups is 1. The fourth-order valence-corrected chi connectivity index (χ4v) is 3.21. The summed E-state index contributed by atoms with van der Waals surface area (Å²) in [5.74, 6) is 0.371. The first kappa shape index (κ1) is 17.8. The number of aryl methyl sites for hydroxylation is 2. The van der Waals surface area contributed by atoms with Crippen molar-refractivity contribution in [2.45, 2.75) is 13.8 Å². The molecule has 0 unspecified atom stereocenters. The quantitative estimate of drug-likeness (QED) is 0.556. The van der Waals surface area contributed by atoms with Crippen molar-refractivity contribution in [2.24, 2.45) is 0 Å². The number of para-hydroxylation sites is 2. The molecule has 0 saturated carbocycles. The van der Waals surface area contributed by atoms with Gasteiger partial charge in [-0.15, -0.1) is 0 Å². The standard InChI is InChI=1S/C23H21N3O2/c1-15-8-11-17(12-9-15)21-22(26-14-16(2)10-13-20(26)25-21)23(27)24-18-6-4-5-7-19(18)28-3/h4-14H,1-3H3,(H,24,27). The lowest BCUT2D eigenvalue weighted by Crippen LogP contribution is -2.16. The maximum atomic E-state index is 13.3. The van der Waals surface area contributed by atoms with Crippen molar-refractivity contribution in [1.82, 2.24) is 9.38 Å². The number of imidazole rings is 1. The molecule has 5 heteroatoms. The van der Waals surface area contributed by atoms with Gasteiger partial charge in [-0.05, 0) is 37.6 Å². The molecule has 0 radical (unpaired) electrons. The van der Waals surface area contributed by atoms with E-state index in [2.05, 4.69) is 5.32 Å². The van der Waals surface area contributed by atoms with Crippen LogP contribution >= 0.6 is 0 Å². The van der Waals surface area contributed by atoms with Crippen LogP contribution in [0.3, 0.4) is 0 Å². The van der Waals surface area contributed by atoms with Crippen LogP contribution in [0.4, 0.5) is 5.69 Å². The van der Waals surface area contributed by atoms with Gasteiger partial charge in [-0.3, -0.25) is 9.20 Å². The Hall–Kier alpha value is -3.60. The average molecular weight is 371 g/mol. The van der Waals surface area contributed by atoms with Gasteiger partial charge in [-0.25, -0.2) is 4.98 Å². The van der Waals surface area contributed by atoms with E-state index in [0.717, 1.165) is 22.3 Å². The van der Waals surface area contributed by atoms with Gasteiger partial charge < -0.3 is 10.1 Å². The number of nitrogens with zero attached hydrogens (tertiary/aromatic N) is 2. The summed E-state index contributed by atoms with van der Waals surface area (Å²) in [4.78, 5) is 18.0. The number of pyridine rings is 1. The number of nitrogens with one attached hydrogen (secondary N) is 1. The van der Waals surface area contributed by atoms with Gasteiger partial charge >= 0.3 is 0 Å². The van der Waals surface area contributed by atoms with Crippen LogP contribution in [0.5, 0.6) is 5.75 Å². The van der Waals surface area contributed by atoms with Gasteiger partial charge in [0.2, 0.25) is 0 Å². The van der Waals surface area contributed by atoms with Gasteiger partial charge in [0.1, 0.15) is 22.8 Å². The van der Waals surface area contributed by atoms with Gasteiger partial charge in [-0.1, -0.05) is 48.0 Å². The lowest BCUT2D eigenvalue weighted by atomic mass is 10.1. The maximum absolute atomic E-state index is 13.3. The number of amides is 1. The number of carbonyl (C=O) groups excluding carboxylic acids is 1. The minimum atomic E-state index is -0.238. The lowest BCUT2D eigenvalue weighted by molar-refractivity contribution is 0.102. The minimum absolute atomic E-state index is 0.238. The third-order valence-corrected chi connectivity index (χ3v) is 4.66. The summed E-state index contributed by atoms with van der Waals surface area (Å²) in [7, 11) is 1.58. The Balaban J connectivity index is 1.86. The lowest BCUT2D eigenvalue weighted by Gasteiger charge is -2.11. The van der Waals surface area contributed by atoms with Gasteiger partial charge in [0, 0.05) is 11.8 Å². The molecule has 0 bridgehead atoms. The van der Waals surface area contributed by atoms with Gasteiger partial charge in [-0.2, -0.15) is 0 Å². The molecule has 0 aliphatic rings. The van der Waals surface area contributed by atoms with E-state index in [4.69, 9.17) is 9.72 Å². The molecule has 1 N–H and O–H groups in total. The van der Waals surface area contributed by atoms with Crippen molar-refractivity contribution < 1.29 is 9.53 Å². The van der Waals surface area contributed by atoms with Crippen molar-refractivity contribution in [3.8, 4) is 17.0 Å². The van der Waals surface area contributed by atoms with Crippen molar-refractivity contribution in [1.29, 1.82) is 0 Å². The van der Waals surface area contributed by atoms with E-state index in [1.54, 1.807) is 7.11 Å². The van der Waals surface area contributed by atoms with Crippen molar-refractivity contribution in [2.75, 3.05) is 12.4 Å². The molecular formula is C23H21N3O2. The molecule has 0 fully saturated rings. The zero-order valence-electron chi connectivity index (χ0n) is 16.1. The molecule has 4 rings (SSSR count). The van der Waals surface area contributed by atoms with Gasteiger partial charge in [0.25, 0.3) is 5.91 Å². The molecule has 0 spiro atoms. The van der Waals surface area contributed by atoms with E-state index in [-0.39, 0.29) is 5.91 Å². The van der Waals surface area contributed by atoms with Gasteiger partial charge in [0.05, 0.1) is 12.8 Å². The molecule has 0 aliphatic carbocycles. The summed E-state index contributed by atoms with van der Waals surface area (Å²) >= 11 is 0. The highest BCUT2D eigenvalue weighted by atomic mass is 16.5. The molecular weight excluding hydrogens is 350 g/mol. The van der Waals surface area contributed by atoms with Crippen LogP contribution < -0.4 is 10.1 Å². The third-order valence-electron chi connectivity index (χ3n) is 4.66. The second-order valence-corrected chi connectivity index (χ2v) is 6.76. The largest absolute Gasteiger partial charge is 0.495 e. The summed E-state index contributed by atoms with van der Waals surface area (Å²) in [6, 6.07) is 19.3. The summed E-state index contributed by atoms with van der Waals surface area (Å²) in [6.07, 6.45) is 1.93. The number of benzene rings is 2. The SMILES string of the molecule is COc1ccccc1NC(=O)c1c(-c2ccc(C)cc2)nc2ccc(C)cn12. The Labute approximate surface area is 163 Å². The second-order valence-electron chi connectivity index (χ2n) is 6.76. The number of hydrogen-bond acceptors (Lipinski definition) is 3. The summed E-state index contributed by atoms with van der Waals surface area (Å²) in [5.41, 5.74) is 5.59. The van der Waals surface area contributed by atoms with Crippen LogP contribution in [-0.4, -0.2) is 22.4 Å². The maximum Gasteiger partial charge on any atom is 0.275 e. The fourth-order valence-electron chi connectivity index (χ4n) is 3.21. The second kappa shape index (κ2) is 7.19. The molecule has 28 heavy (non-hydrogen) atoms. The third kappa shape index (κ3) is 3.22. The predicted octanol–water partition coefficient (Wildman–Crippen LogP) is 4.88. The van der Waals surface area contributed by atoms with E-state index >= 15 is 0 Å². The van der Waals surface area contributed by atoms with E-state index < -0.39 is 0 Å². The zero-order chi connectivity index (χ0) is 19.7. The van der Waals surface area contributed by atoms with Crippen LogP contribution in [0, 0.1) is 13.8 Å². The predicted molar refractivity (Wildman–Crippen MR) is 111 cm³/mol. The van der Waals surface area contributed by atoms with Crippen LogP contribution in [0.1, 0.15) is 21.6 Å². The first-order chi connectivity index (χ1) is 13.6. The minimum Gasteiger partial charge on any atom is -0.495 e. The molecule has 5 nitrogen and oxygen atoms in total. The summed E-state index contributed by atoms with van der Waals surface area (Å²) in [5, 5.41) is 2.97. The highest BCUT2D eigenvalue weighted by Crippen LogP contribution is 2.28. The number of aromatic nitrogens is 2. The highest BCUT2D eigenvalue weighted by Gasteiger charge is 2.21. The van der Waals surface area contributed by atoms with Gasteiger partial charge in [0.15, 0.2) is 0 Å². The first-order valence-electron chi connectivity index (χ1n) is 9.07. The summed E-state index contributed by atoms with van der Waals surface area (Å²) in [6.45, 7) is 4.03. The molecule has 0 saturated heterocycles. The van der Waals surface area contributed by atoms with Crippen LogP contribution in [0.15, 0.2) is 66.9 Å². The smallest absolute Gasteiger partial charge is 0.275 e. The molecule has 4 aromatic rings. The Bertz CT molecular complexity index is 1160. The molecule has 1 amide bonds. The Morgan fingerprint density at radius 2 is 1.68 bits per heavy atom. The van der Waals surface area contributed by atoms with E-state index in [9.17, 15) is 4.79 Å². The number of ether oxygens (including phenoxy) is 1. The van der Waals surface area contributed by atoms with Crippen LogP contribution in [0.25, 0.3) is 16.9 Å². The monoisotopic (exact) mass is 371 g/mol. The number of fused-ring (bicyclic) bond motifs is 1. The normalized spacial score (nSPS) is 10.8. The van der Waals surface area contributed by atoms with Crippen molar-refractivity contribution in [3.63, 3.8) is 0 Å². The molecule has 2 aromatic carbocycles. The fraction of sp³-hybridized carbons (Fsp3) is 0.130. The first-order valence-corrected chi connectivity index (χ1v) is 9.07. The van der Waals surface area contributed by atoms with E-state index in [1.807, 2.05) is 85.1 Å². The number of anilines is 1. The zero-order valence-corrected chi connectivity index (χ0v) is 16.1. The van der Waals surface area contributed by atoms with Crippen molar-refractivity contribution >= 4 is 17.2 Å². The van der Waals surface area contributed by atoms with Crippen LogP contribution in [0.2, 0.25) is 0 Å². The molecule has 0 aliphatic heterocycles. The molecule has 0 atom stereocenters. The van der Waals surface area contributed by atoms with Crippen LogP contribution in [-0.2, 0) is 0 Å². The Morgan fingerprint density at radius 3 is 2.43 bits per heavy atom. The Morgan fingerprint density at radius 1 is 0.964 bits per heavy atom. The number of hydrogen-bond donors (Lipinski definition) is 1. The molecule has 2 aromatic heterocycles. The summed E-state index contributed by atoms with van der Waals surface area (Å²) < 4.78 is 7.20. The number of methoxy groups -OCH3 is 1.